The van der Waals surface area contributed by atoms with Crippen LogP contribution < -0.4 is 5.32 Å². The Kier molecular flexibility index (Phi) is 3.35. The summed E-state index contributed by atoms with van der Waals surface area (Å²) in [6, 6.07) is 1.69. The molecule has 0 aromatic carbocycles. The van der Waals surface area contributed by atoms with E-state index in [0.29, 0.717) is 22.8 Å². The van der Waals surface area contributed by atoms with Crippen LogP contribution in [0.1, 0.15) is 36.0 Å². The smallest absolute Gasteiger partial charge is 0.255 e. The molecule has 0 saturated carbocycles. The van der Waals surface area contributed by atoms with Gasteiger partial charge in [-0.05, 0) is 44.8 Å². The Labute approximate surface area is 134 Å². The Balaban J connectivity index is 1.55. The average Bonchev–Trinajstić information content (AvgIpc) is 3.18. The van der Waals surface area contributed by atoms with Crippen molar-refractivity contribution in [2.24, 2.45) is 0 Å². The lowest BCUT2D eigenvalue weighted by Gasteiger charge is -2.32. The Morgan fingerprint density at radius 2 is 2.14 bits per heavy atom. The fraction of sp³-hybridized carbons (Fsp3) is 0.500. The van der Waals surface area contributed by atoms with Crippen molar-refractivity contribution in [1.82, 2.24) is 19.6 Å². The molecule has 5 nitrogen and oxygen atoms in total. The number of amides is 1. The van der Waals surface area contributed by atoms with E-state index in [1.165, 1.54) is 25.7 Å². The van der Waals surface area contributed by atoms with Crippen LogP contribution >= 0.6 is 11.6 Å². The van der Waals surface area contributed by atoms with E-state index in [1.54, 1.807) is 29.1 Å². The highest BCUT2D eigenvalue weighted by atomic mass is 35.5. The van der Waals surface area contributed by atoms with Crippen molar-refractivity contribution >= 4 is 23.2 Å². The highest BCUT2D eigenvalue weighted by molar-refractivity contribution is 6.31. The zero-order valence-electron chi connectivity index (χ0n) is 12.4. The third-order valence-corrected chi connectivity index (χ3v) is 5.29. The first kappa shape index (κ1) is 14.0. The Hall–Kier alpha value is -1.59. The maximum Gasteiger partial charge on any atom is 0.255 e. The summed E-state index contributed by atoms with van der Waals surface area (Å²) < 4.78 is 1.78. The van der Waals surface area contributed by atoms with Crippen molar-refractivity contribution in [2.75, 3.05) is 19.6 Å². The first-order valence-electron chi connectivity index (χ1n) is 7.83. The van der Waals surface area contributed by atoms with E-state index in [9.17, 15) is 4.79 Å². The van der Waals surface area contributed by atoms with Gasteiger partial charge >= 0.3 is 0 Å². The van der Waals surface area contributed by atoms with Gasteiger partial charge in [-0.15, -0.1) is 0 Å². The number of pyridine rings is 1. The van der Waals surface area contributed by atoms with Gasteiger partial charge < -0.3 is 9.72 Å². The fourth-order valence-corrected chi connectivity index (χ4v) is 4.23. The molecule has 2 aliphatic heterocycles. The molecule has 0 aliphatic carbocycles. The predicted octanol–water partition coefficient (Wildman–Crippen LogP) is 2.35. The van der Waals surface area contributed by atoms with E-state index >= 15 is 0 Å². The van der Waals surface area contributed by atoms with Crippen LogP contribution in [-0.4, -0.2) is 45.4 Å². The van der Waals surface area contributed by atoms with Crippen molar-refractivity contribution in [3.8, 4) is 0 Å². The Bertz CT molecular complexity index is 716. The van der Waals surface area contributed by atoms with E-state index in [2.05, 4.69) is 15.2 Å². The summed E-state index contributed by atoms with van der Waals surface area (Å²) in [5, 5.41) is 3.66. The zero-order valence-corrected chi connectivity index (χ0v) is 13.1. The largest absolute Gasteiger partial charge is 0.350 e. The van der Waals surface area contributed by atoms with E-state index in [0.717, 1.165) is 13.1 Å². The lowest BCUT2D eigenvalue weighted by atomic mass is 9.94. The lowest BCUT2D eigenvalue weighted by Crippen LogP contribution is -2.48. The maximum absolute atomic E-state index is 12.6. The molecule has 4 heterocycles. The highest BCUT2D eigenvalue weighted by Crippen LogP contribution is 2.38. The number of imidazole rings is 1. The van der Waals surface area contributed by atoms with Crippen LogP contribution in [-0.2, 0) is 0 Å². The van der Waals surface area contributed by atoms with E-state index in [-0.39, 0.29) is 11.4 Å². The number of nitrogens with zero attached hydrogens (tertiary/aromatic N) is 3. The second-order valence-electron chi connectivity index (χ2n) is 6.33. The number of fused-ring (bicyclic) bond motifs is 2. The van der Waals surface area contributed by atoms with Crippen LogP contribution in [0.5, 0.6) is 0 Å². The molecule has 116 valence electrons. The molecule has 0 atom stereocenters. The van der Waals surface area contributed by atoms with Crippen molar-refractivity contribution in [2.45, 2.75) is 31.2 Å². The Morgan fingerprint density at radius 1 is 1.36 bits per heavy atom. The van der Waals surface area contributed by atoms with E-state index in [4.69, 9.17) is 11.6 Å². The SMILES string of the molecule is O=C(NCC12CCCN1CCC2)c1cc(Cl)cn2ccnc12. The minimum absolute atomic E-state index is 0.0909. The molecule has 1 N–H and O–H groups in total. The molecule has 22 heavy (non-hydrogen) atoms. The number of hydrogen-bond acceptors (Lipinski definition) is 3. The van der Waals surface area contributed by atoms with Gasteiger partial charge in [0.25, 0.3) is 5.91 Å². The molecule has 1 amide bonds. The van der Waals surface area contributed by atoms with Gasteiger partial charge in [-0.1, -0.05) is 11.6 Å². The Morgan fingerprint density at radius 3 is 2.91 bits per heavy atom. The first-order valence-corrected chi connectivity index (χ1v) is 8.21. The lowest BCUT2D eigenvalue weighted by molar-refractivity contribution is 0.0920. The zero-order chi connectivity index (χ0) is 15.2. The molecule has 2 saturated heterocycles. The molecule has 0 radical (unpaired) electrons. The summed E-state index contributed by atoms with van der Waals surface area (Å²) in [6.45, 7) is 3.04. The van der Waals surface area contributed by atoms with Gasteiger partial charge in [-0.3, -0.25) is 9.69 Å². The molecule has 2 fully saturated rings. The number of halogens is 1. The van der Waals surface area contributed by atoms with Crippen molar-refractivity contribution in [3.63, 3.8) is 0 Å². The van der Waals surface area contributed by atoms with Crippen LogP contribution in [0.3, 0.4) is 0 Å². The second-order valence-corrected chi connectivity index (χ2v) is 6.77. The topological polar surface area (TPSA) is 49.6 Å². The molecule has 2 aliphatic rings. The first-order chi connectivity index (χ1) is 10.7. The summed E-state index contributed by atoms with van der Waals surface area (Å²) >= 11 is 6.10. The van der Waals surface area contributed by atoms with Crippen LogP contribution in [0.15, 0.2) is 24.7 Å². The molecule has 0 spiro atoms. The molecule has 4 rings (SSSR count). The van der Waals surface area contributed by atoms with Gasteiger partial charge in [-0.2, -0.15) is 0 Å². The molecule has 6 heteroatoms. The fourth-order valence-electron chi connectivity index (χ4n) is 4.02. The molecule has 0 bridgehead atoms. The molecular formula is C16H19ClN4O. The number of carbonyl (C=O) groups is 1. The van der Waals surface area contributed by atoms with Crippen molar-refractivity contribution < 1.29 is 4.79 Å². The molecule has 0 unspecified atom stereocenters. The maximum atomic E-state index is 12.6. The van der Waals surface area contributed by atoms with Crippen LogP contribution in [0, 0.1) is 0 Å². The second kappa shape index (κ2) is 5.25. The molecular weight excluding hydrogens is 300 g/mol. The van der Waals surface area contributed by atoms with Crippen LogP contribution in [0.2, 0.25) is 5.02 Å². The van der Waals surface area contributed by atoms with Crippen molar-refractivity contribution in [1.29, 1.82) is 0 Å². The van der Waals surface area contributed by atoms with Gasteiger partial charge in [0.2, 0.25) is 0 Å². The van der Waals surface area contributed by atoms with Gasteiger partial charge in [-0.25, -0.2) is 4.98 Å². The average molecular weight is 319 g/mol. The summed E-state index contributed by atoms with van der Waals surface area (Å²) in [4.78, 5) is 19.4. The van der Waals surface area contributed by atoms with Gasteiger partial charge in [0, 0.05) is 30.7 Å². The quantitative estimate of drug-likeness (QED) is 0.945. The number of rotatable bonds is 3. The summed E-state index contributed by atoms with van der Waals surface area (Å²) in [5.74, 6) is -0.0909. The summed E-state index contributed by atoms with van der Waals surface area (Å²) in [7, 11) is 0. The predicted molar refractivity (Wildman–Crippen MR) is 85.3 cm³/mol. The van der Waals surface area contributed by atoms with Crippen LogP contribution in [0.25, 0.3) is 5.65 Å². The van der Waals surface area contributed by atoms with Crippen molar-refractivity contribution in [3.05, 3.63) is 35.2 Å². The number of nitrogens with one attached hydrogen (secondary N) is 1. The number of carbonyl (C=O) groups excluding carboxylic acids is 1. The third kappa shape index (κ3) is 2.20. The third-order valence-electron chi connectivity index (χ3n) is 5.09. The molecule has 2 aromatic rings. The van der Waals surface area contributed by atoms with Gasteiger partial charge in [0.05, 0.1) is 10.6 Å². The minimum Gasteiger partial charge on any atom is -0.350 e. The van der Waals surface area contributed by atoms with E-state index in [1.807, 2.05) is 0 Å². The van der Waals surface area contributed by atoms with Gasteiger partial charge in [0.15, 0.2) is 0 Å². The number of aromatic nitrogens is 2. The monoisotopic (exact) mass is 318 g/mol. The highest BCUT2D eigenvalue weighted by Gasteiger charge is 2.44. The number of hydrogen-bond donors (Lipinski definition) is 1. The summed E-state index contributed by atoms with van der Waals surface area (Å²) in [6.07, 6.45) is 10.1. The molecule has 2 aromatic heterocycles. The normalized spacial score (nSPS) is 20.4. The van der Waals surface area contributed by atoms with Crippen LogP contribution in [0.4, 0.5) is 0 Å². The van der Waals surface area contributed by atoms with Gasteiger partial charge in [0.1, 0.15) is 5.65 Å². The minimum atomic E-state index is -0.0909. The summed E-state index contributed by atoms with van der Waals surface area (Å²) in [5.41, 5.74) is 1.37. The van der Waals surface area contributed by atoms with E-state index < -0.39 is 0 Å². The standard InChI is InChI=1S/C16H19ClN4O/c17-12-9-13(14-18-5-8-20(14)10-12)15(22)19-11-16-3-1-6-21(16)7-2-4-16/h5,8-10H,1-4,6-7,11H2,(H,19,22).